The van der Waals surface area contributed by atoms with Crippen LogP contribution >= 0.6 is 0 Å². The Balaban J connectivity index is 0.00000127. The van der Waals surface area contributed by atoms with Crippen LogP contribution in [-0.4, -0.2) is 45.0 Å². The Morgan fingerprint density at radius 1 is 1.13 bits per heavy atom. The van der Waals surface area contributed by atoms with Crippen molar-refractivity contribution in [3.05, 3.63) is 23.4 Å². The molecule has 0 aliphatic rings. The molecule has 0 saturated carbocycles. The van der Waals surface area contributed by atoms with Crippen molar-refractivity contribution in [1.82, 2.24) is 9.78 Å². The van der Waals surface area contributed by atoms with Crippen LogP contribution in [0.15, 0.2) is 12.1 Å². The zero-order valence-electron chi connectivity index (χ0n) is 14.1. The average Bonchev–Trinajstić information content (AvgIpc) is 2.73. The Morgan fingerprint density at radius 2 is 1.65 bits per heavy atom. The van der Waals surface area contributed by atoms with E-state index in [0.717, 1.165) is 22.2 Å². The molecule has 0 fully saturated rings. The standard InChI is InChI=1S/C14H17N3O4.C2H6/c1-8-4-12-10(9(2)15-16(12)3)5-11(8)17(6-13(18)19)7-14(20)21;1-2/h4-5H,6-7H2,1-3H3,(H,18,19)(H,20,21);1-2H3. The van der Waals surface area contributed by atoms with Gasteiger partial charge in [-0.2, -0.15) is 5.10 Å². The number of carbonyl (C=O) groups is 2. The van der Waals surface area contributed by atoms with E-state index in [-0.39, 0.29) is 13.1 Å². The lowest BCUT2D eigenvalue weighted by molar-refractivity contribution is -0.136. The number of hydrogen-bond donors (Lipinski definition) is 2. The van der Waals surface area contributed by atoms with Gasteiger partial charge in [0.2, 0.25) is 0 Å². The molecule has 7 heteroatoms. The van der Waals surface area contributed by atoms with Gasteiger partial charge in [-0.15, -0.1) is 0 Å². The molecule has 0 spiro atoms. The Hall–Kier alpha value is -2.57. The van der Waals surface area contributed by atoms with Crippen LogP contribution in [0.25, 0.3) is 10.9 Å². The first-order chi connectivity index (χ1) is 10.8. The number of aryl methyl sites for hydroxylation is 3. The number of carboxylic acid groups (broad SMARTS) is 2. The zero-order valence-corrected chi connectivity index (χ0v) is 14.1. The SMILES string of the molecule is CC.Cc1cc2c(cc1N(CC(=O)O)CC(=O)O)c(C)nn2C. The van der Waals surface area contributed by atoms with E-state index in [4.69, 9.17) is 10.2 Å². The summed E-state index contributed by atoms with van der Waals surface area (Å²) in [5, 5.41) is 23.1. The van der Waals surface area contributed by atoms with Crippen molar-refractivity contribution in [3.8, 4) is 0 Å². The molecule has 0 unspecified atom stereocenters. The fraction of sp³-hybridized carbons (Fsp3) is 0.438. The van der Waals surface area contributed by atoms with E-state index in [2.05, 4.69) is 5.10 Å². The van der Waals surface area contributed by atoms with Gasteiger partial charge in [-0.3, -0.25) is 14.3 Å². The average molecular weight is 321 g/mol. The number of carboxylic acids is 2. The summed E-state index contributed by atoms with van der Waals surface area (Å²) in [5.41, 5.74) is 3.16. The van der Waals surface area contributed by atoms with E-state index in [1.807, 2.05) is 40.8 Å². The second-order valence-electron chi connectivity index (χ2n) is 5.01. The minimum absolute atomic E-state index is 0.363. The van der Waals surface area contributed by atoms with Crippen molar-refractivity contribution in [3.63, 3.8) is 0 Å². The van der Waals surface area contributed by atoms with Gasteiger partial charge in [0.05, 0.1) is 11.2 Å². The van der Waals surface area contributed by atoms with Gasteiger partial charge in [-0.05, 0) is 31.5 Å². The smallest absolute Gasteiger partial charge is 0.323 e. The Morgan fingerprint density at radius 3 is 2.13 bits per heavy atom. The van der Waals surface area contributed by atoms with Crippen LogP contribution in [0.1, 0.15) is 25.1 Å². The number of fused-ring (bicyclic) bond motifs is 1. The number of aliphatic carboxylic acids is 2. The van der Waals surface area contributed by atoms with Crippen LogP contribution < -0.4 is 4.90 Å². The first-order valence-electron chi connectivity index (χ1n) is 7.42. The number of nitrogens with zero attached hydrogens (tertiary/aromatic N) is 3. The highest BCUT2D eigenvalue weighted by atomic mass is 16.4. The van der Waals surface area contributed by atoms with Gasteiger partial charge in [-0.25, -0.2) is 0 Å². The molecule has 0 aliphatic carbocycles. The van der Waals surface area contributed by atoms with Crippen molar-refractivity contribution >= 4 is 28.5 Å². The number of rotatable bonds is 5. The third-order valence-corrected chi connectivity index (χ3v) is 3.35. The van der Waals surface area contributed by atoms with Crippen molar-refractivity contribution in [2.45, 2.75) is 27.7 Å². The van der Waals surface area contributed by atoms with Gasteiger partial charge in [-0.1, -0.05) is 13.8 Å². The lowest BCUT2D eigenvalue weighted by atomic mass is 10.1. The Bertz CT molecular complexity index is 706. The summed E-state index contributed by atoms with van der Waals surface area (Å²) in [7, 11) is 1.83. The molecule has 2 N–H and O–H groups in total. The maximum absolute atomic E-state index is 11.0. The molecule has 0 radical (unpaired) electrons. The lowest BCUT2D eigenvalue weighted by Crippen LogP contribution is -2.34. The van der Waals surface area contributed by atoms with E-state index in [1.165, 1.54) is 4.90 Å². The second kappa shape index (κ2) is 7.62. The molecule has 0 amide bonds. The third kappa shape index (κ3) is 4.21. The van der Waals surface area contributed by atoms with Gasteiger partial charge >= 0.3 is 11.9 Å². The predicted molar refractivity (Wildman–Crippen MR) is 89.0 cm³/mol. The van der Waals surface area contributed by atoms with E-state index >= 15 is 0 Å². The van der Waals surface area contributed by atoms with Gasteiger partial charge in [0.15, 0.2) is 0 Å². The summed E-state index contributed by atoms with van der Waals surface area (Å²) < 4.78 is 1.75. The summed E-state index contributed by atoms with van der Waals surface area (Å²) >= 11 is 0. The highest BCUT2D eigenvalue weighted by molar-refractivity contribution is 5.89. The molecule has 1 heterocycles. The van der Waals surface area contributed by atoms with E-state index in [0.29, 0.717) is 5.69 Å². The maximum atomic E-state index is 11.0. The van der Waals surface area contributed by atoms with E-state index in [1.54, 1.807) is 10.7 Å². The predicted octanol–water partition coefficient (Wildman–Crippen LogP) is 2.19. The normalized spacial score (nSPS) is 10.1. The molecule has 2 aromatic rings. The zero-order chi connectivity index (χ0) is 17.7. The van der Waals surface area contributed by atoms with Crippen LogP contribution in [0.5, 0.6) is 0 Å². The van der Waals surface area contributed by atoms with E-state index < -0.39 is 11.9 Å². The molecule has 2 rings (SSSR count). The number of anilines is 1. The fourth-order valence-corrected chi connectivity index (χ4v) is 2.47. The van der Waals surface area contributed by atoms with Crippen molar-refractivity contribution in [2.75, 3.05) is 18.0 Å². The van der Waals surface area contributed by atoms with Crippen LogP contribution in [-0.2, 0) is 16.6 Å². The summed E-state index contributed by atoms with van der Waals surface area (Å²) in [4.78, 5) is 23.3. The first kappa shape index (κ1) is 18.5. The summed E-state index contributed by atoms with van der Waals surface area (Å²) in [6.07, 6.45) is 0. The molecule has 0 bridgehead atoms. The van der Waals surface area contributed by atoms with Crippen LogP contribution in [0.2, 0.25) is 0 Å². The first-order valence-corrected chi connectivity index (χ1v) is 7.42. The van der Waals surface area contributed by atoms with Crippen LogP contribution in [0.3, 0.4) is 0 Å². The van der Waals surface area contributed by atoms with Crippen LogP contribution in [0, 0.1) is 13.8 Å². The number of aromatic nitrogens is 2. The van der Waals surface area contributed by atoms with Gasteiger partial charge < -0.3 is 15.1 Å². The van der Waals surface area contributed by atoms with E-state index in [9.17, 15) is 9.59 Å². The molecule has 0 aliphatic heterocycles. The van der Waals surface area contributed by atoms with Crippen LogP contribution in [0.4, 0.5) is 5.69 Å². The monoisotopic (exact) mass is 321 g/mol. The molecule has 0 saturated heterocycles. The third-order valence-electron chi connectivity index (χ3n) is 3.35. The van der Waals surface area contributed by atoms with Crippen molar-refractivity contribution in [2.24, 2.45) is 7.05 Å². The summed E-state index contributed by atoms with van der Waals surface area (Å²) in [6, 6.07) is 3.69. The van der Waals surface area contributed by atoms with Gasteiger partial charge in [0, 0.05) is 18.1 Å². The lowest BCUT2D eigenvalue weighted by Gasteiger charge is -2.23. The second-order valence-corrected chi connectivity index (χ2v) is 5.01. The molecule has 1 aromatic carbocycles. The highest BCUT2D eigenvalue weighted by Gasteiger charge is 2.18. The summed E-state index contributed by atoms with van der Waals surface area (Å²) in [5.74, 6) is -2.14. The van der Waals surface area contributed by atoms with Crippen molar-refractivity contribution < 1.29 is 19.8 Å². The quantitative estimate of drug-likeness (QED) is 0.876. The number of benzene rings is 1. The molecule has 126 valence electrons. The molecule has 0 atom stereocenters. The number of hydrogen-bond acceptors (Lipinski definition) is 4. The molecule has 7 nitrogen and oxygen atoms in total. The maximum Gasteiger partial charge on any atom is 0.323 e. The molecule has 23 heavy (non-hydrogen) atoms. The molecular weight excluding hydrogens is 298 g/mol. The Kier molecular flexibility index (Phi) is 6.12. The highest BCUT2D eigenvalue weighted by Crippen LogP contribution is 2.28. The fourth-order valence-electron chi connectivity index (χ4n) is 2.47. The minimum Gasteiger partial charge on any atom is -0.480 e. The van der Waals surface area contributed by atoms with Gasteiger partial charge in [0.25, 0.3) is 0 Å². The van der Waals surface area contributed by atoms with Crippen molar-refractivity contribution in [1.29, 1.82) is 0 Å². The minimum atomic E-state index is -1.07. The largest absolute Gasteiger partial charge is 0.480 e. The Labute approximate surface area is 135 Å². The molecular formula is C16H23N3O4. The molecule has 1 aromatic heterocycles. The van der Waals surface area contributed by atoms with Gasteiger partial charge in [0.1, 0.15) is 13.1 Å². The topological polar surface area (TPSA) is 95.7 Å². The summed E-state index contributed by atoms with van der Waals surface area (Å²) in [6.45, 7) is 6.96.